The molecule has 0 spiro atoms. The van der Waals surface area contributed by atoms with Crippen molar-refractivity contribution in [2.45, 2.75) is 19.4 Å². The lowest BCUT2D eigenvalue weighted by atomic mass is 10.1. The van der Waals surface area contributed by atoms with Gasteiger partial charge in [-0.15, -0.1) is 0 Å². The highest BCUT2D eigenvalue weighted by Crippen LogP contribution is 2.30. The summed E-state index contributed by atoms with van der Waals surface area (Å²) in [5, 5.41) is 1.93. The molecule has 23 heavy (non-hydrogen) atoms. The molecule has 0 unspecified atom stereocenters. The van der Waals surface area contributed by atoms with E-state index in [-0.39, 0.29) is 6.42 Å². The van der Waals surface area contributed by atoms with Crippen LogP contribution in [0.4, 0.5) is 4.79 Å². The molecule has 0 bridgehead atoms. The third kappa shape index (κ3) is 4.60. The zero-order valence-electron chi connectivity index (χ0n) is 12.8. The van der Waals surface area contributed by atoms with Crippen molar-refractivity contribution in [2.24, 2.45) is 0 Å². The fraction of sp³-hybridized carbons (Fsp3) is 0.400. The largest absolute Gasteiger partial charge is 0.486 e. The number of fused-ring (bicyclic) bond motifs is 1. The van der Waals surface area contributed by atoms with E-state index in [2.05, 4.69) is 4.74 Å². The number of ether oxygens (including phenoxy) is 4. The molecule has 1 aromatic carbocycles. The number of carbonyl (C=O) groups is 3. The molecular weight excluding hydrogens is 306 g/mol. The van der Waals surface area contributed by atoms with Crippen molar-refractivity contribution in [3.63, 3.8) is 0 Å². The summed E-state index contributed by atoms with van der Waals surface area (Å²) in [6.45, 7) is 2.30. The second kappa shape index (κ2) is 7.48. The van der Waals surface area contributed by atoms with Crippen LogP contribution in [0, 0.1) is 0 Å². The molecule has 1 aromatic rings. The van der Waals surface area contributed by atoms with Gasteiger partial charge in [0, 0.05) is 0 Å². The Morgan fingerprint density at radius 1 is 1.22 bits per heavy atom. The van der Waals surface area contributed by atoms with Crippen LogP contribution in [0.3, 0.4) is 0 Å². The first kappa shape index (κ1) is 16.6. The predicted octanol–water partition coefficient (Wildman–Crippen LogP) is 0.815. The van der Waals surface area contributed by atoms with Gasteiger partial charge in [0.1, 0.15) is 13.2 Å². The molecule has 2 rings (SSSR count). The fourth-order valence-electron chi connectivity index (χ4n) is 1.91. The Labute approximate surface area is 132 Å². The number of esters is 1. The van der Waals surface area contributed by atoms with Crippen molar-refractivity contribution in [1.29, 1.82) is 0 Å². The highest BCUT2D eigenvalue weighted by Gasteiger charge is 2.21. The van der Waals surface area contributed by atoms with E-state index in [9.17, 15) is 14.4 Å². The Hall–Kier alpha value is -2.77. The quantitative estimate of drug-likeness (QED) is 0.819. The van der Waals surface area contributed by atoms with Crippen molar-refractivity contribution < 1.29 is 33.3 Å². The van der Waals surface area contributed by atoms with E-state index in [0.717, 1.165) is 7.11 Å². The molecule has 2 amide bonds. The van der Waals surface area contributed by atoms with E-state index in [1.807, 2.05) is 5.32 Å². The highest BCUT2D eigenvalue weighted by molar-refractivity contribution is 5.95. The zero-order valence-corrected chi connectivity index (χ0v) is 12.8. The molecule has 1 aliphatic rings. The molecule has 8 heteroatoms. The van der Waals surface area contributed by atoms with Gasteiger partial charge in [-0.1, -0.05) is 6.07 Å². The summed E-state index contributed by atoms with van der Waals surface area (Å²) >= 11 is 0. The average Bonchev–Trinajstić information content (AvgIpc) is 2.54. The number of hydrogen-bond donors (Lipinski definition) is 1. The summed E-state index contributed by atoms with van der Waals surface area (Å²) in [5.74, 6) is -0.168. The summed E-state index contributed by atoms with van der Waals surface area (Å²) in [6, 6.07) is 5.12. The number of nitrogens with one attached hydrogen (secondary N) is 1. The number of benzene rings is 1. The van der Waals surface area contributed by atoms with Crippen LogP contribution in [0.25, 0.3) is 0 Å². The normalized spacial score (nSPS) is 13.7. The maximum atomic E-state index is 11.9. The van der Waals surface area contributed by atoms with E-state index >= 15 is 0 Å². The number of carbonyl (C=O) groups excluding carboxylic acids is 3. The monoisotopic (exact) mass is 323 g/mol. The van der Waals surface area contributed by atoms with Crippen molar-refractivity contribution in [3.05, 3.63) is 23.8 Å². The van der Waals surface area contributed by atoms with Gasteiger partial charge in [-0.25, -0.2) is 4.79 Å². The van der Waals surface area contributed by atoms with Crippen LogP contribution in [-0.4, -0.2) is 44.4 Å². The van der Waals surface area contributed by atoms with Crippen LogP contribution in [0.1, 0.15) is 12.5 Å². The molecule has 0 aromatic heterocycles. The van der Waals surface area contributed by atoms with Crippen LogP contribution >= 0.6 is 0 Å². The minimum Gasteiger partial charge on any atom is -0.486 e. The second-order valence-electron chi connectivity index (χ2n) is 4.77. The van der Waals surface area contributed by atoms with Gasteiger partial charge in [-0.3, -0.25) is 14.9 Å². The van der Waals surface area contributed by atoms with Crippen LogP contribution in [-0.2, 0) is 25.5 Å². The van der Waals surface area contributed by atoms with Gasteiger partial charge in [0.25, 0.3) is 5.91 Å². The van der Waals surface area contributed by atoms with Gasteiger partial charge < -0.3 is 18.9 Å². The van der Waals surface area contributed by atoms with Crippen molar-refractivity contribution >= 4 is 18.0 Å². The molecule has 0 saturated heterocycles. The maximum absolute atomic E-state index is 11.9. The third-order valence-electron chi connectivity index (χ3n) is 3.04. The second-order valence-corrected chi connectivity index (χ2v) is 4.77. The third-order valence-corrected chi connectivity index (χ3v) is 3.04. The molecular formula is C15H17NO7. The van der Waals surface area contributed by atoms with E-state index in [0.29, 0.717) is 30.3 Å². The van der Waals surface area contributed by atoms with E-state index in [1.165, 1.54) is 6.92 Å². The Balaban J connectivity index is 1.89. The SMILES string of the molecule is COC(=O)NC(=O)[C@H](C)OC(=O)Cc1ccc2c(c1)OCCO2. The number of methoxy groups -OCH3 is 1. The van der Waals surface area contributed by atoms with Crippen LogP contribution in [0.2, 0.25) is 0 Å². The van der Waals surface area contributed by atoms with E-state index in [1.54, 1.807) is 18.2 Å². The number of imide groups is 1. The average molecular weight is 323 g/mol. The van der Waals surface area contributed by atoms with Gasteiger partial charge in [-0.2, -0.15) is 0 Å². The number of hydrogen-bond acceptors (Lipinski definition) is 7. The minimum absolute atomic E-state index is 0.0352. The van der Waals surface area contributed by atoms with Crippen molar-refractivity contribution in [1.82, 2.24) is 5.32 Å². The fourth-order valence-corrected chi connectivity index (χ4v) is 1.91. The van der Waals surface area contributed by atoms with Gasteiger partial charge in [0.2, 0.25) is 0 Å². The first-order chi connectivity index (χ1) is 11.0. The number of rotatable bonds is 4. The van der Waals surface area contributed by atoms with Crippen LogP contribution in [0.15, 0.2) is 18.2 Å². The van der Waals surface area contributed by atoms with Crippen LogP contribution in [0.5, 0.6) is 11.5 Å². The summed E-state index contributed by atoms with van der Waals surface area (Å²) in [7, 11) is 1.13. The lowest BCUT2D eigenvalue weighted by Gasteiger charge is -2.19. The van der Waals surface area contributed by atoms with E-state index in [4.69, 9.17) is 14.2 Å². The first-order valence-corrected chi connectivity index (χ1v) is 6.96. The highest BCUT2D eigenvalue weighted by atomic mass is 16.6. The topological polar surface area (TPSA) is 100 Å². The van der Waals surface area contributed by atoms with Crippen molar-refractivity contribution in [2.75, 3.05) is 20.3 Å². The minimum atomic E-state index is -1.11. The standard InChI is InChI=1S/C15H17NO7/c1-9(14(18)16-15(19)20-2)23-13(17)8-10-3-4-11-12(7-10)22-6-5-21-11/h3-4,7,9H,5-6,8H2,1-2H3,(H,16,18,19)/t9-/m0/s1. The molecule has 1 heterocycles. The lowest BCUT2D eigenvalue weighted by molar-refractivity contribution is -0.153. The van der Waals surface area contributed by atoms with Crippen LogP contribution < -0.4 is 14.8 Å². The molecule has 0 fully saturated rings. The van der Waals surface area contributed by atoms with Gasteiger partial charge in [0.15, 0.2) is 17.6 Å². The molecule has 1 aliphatic heterocycles. The molecule has 0 radical (unpaired) electrons. The lowest BCUT2D eigenvalue weighted by Crippen LogP contribution is -2.39. The first-order valence-electron chi connectivity index (χ1n) is 6.96. The van der Waals surface area contributed by atoms with Gasteiger partial charge in [-0.05, 0) is 24.6 Å². The number of amides is 2. The Morgan fingerprint density at radius 2 is 1.91 bits per heavy atom. The summed E-state index contributed by atoms with van der Waals surface area (Å²) in [4.78, 5) is 34.3. The molecule has 0 aliphatic carbocycles. The molecule has 1 atom stereocenters. The van der Waals surface area contributed by atoms with Gasteiger partial charge >= 0.3 is 12.1 Å². The van der Waals surface area contributed by atoms with Gasteiger partial charge in [0.05, 0.1) is 13.5 Å². The number of alkyl carbamates (subject to hydrolysis) is 1. The predicted molar refractivity (Wildman–Crippen MR) is 77.2 cm³/mol. The van der Waals surface area contributed by atoms with E-state index < -0.39 is 24.1 Å². The molecule has 1 N–H and O–H groups in total. The smallest absolute Gasteiger partial charge is 0.413 e. The Kier molecular flexibility index (Phi) is 5.40. The van der Waals surface area contributed by atoms with Crippen molar-refractivity contribution in [3.8, 4) is 11.5 Å². The maximum Gasteiger partial charge on any atom is 0.413 e. The zero-order chi connectivity index (χ0) is 16.8. The Bertz CT molecular complexity index is 614. The molecule has 0 saturated carbocycles. The molecule has 124 valence electrons. The summed E-state index contributed by atoms with van der Waals surface area (Å²) in [5.41, 5.74) is 0.667. The summed E-state index contributed by atoms with van der Waals surface area (Å²) in [6.07, 6.45) is -2.06. The molecule has 8 nitrogen and oxygen atoms in total. The Morgan fingerprint density at radius 3 is 2.61 bits per heavy atom. The summed E-state index contributed by atoms with van der Waals surface area (Å²) < 4.78 is 20.1.